The second-order valence-corrected chi connectivity index (χ2v) is 3.71. The van der Waals surface area contributed by atoms with Crippen LogP contribution in [-0.4, -0.2) is 25.2 Å². The molecule has 0 aromatic carbocycles. The van der Waals surface area contributed by atoms with Gasteiger partial charge >= 0.3 is 0 Å². The molecule has 0 bridgehead atoms. The van der Waals surface area contributed by atoms with Crippen molar-refractivity contribution in [3.63, 3.8) is 0 Å². The van der Waals surface area contributed by atoms with E-state index in [1.807, 2.05) is 6.92 Å². The van der Waals surface area contributed by atoms with E-state index in [-0.39, 0.29) is 0 Å². The van der Waals surface area contributed by atoms with Crippen molar-refractivity contribution in [3.8, 4) is 5.88 Å². The summed E-state index contributed by atoms with van der Waals surface area (Å²) >= 11 is 0. The van der Waals surface area contributed by atoms with E-state index in [4.69, 9.17) is 4.74 Å². The van der Waals surface area contributed by atoms with Gasteiger partial charge in [0, 0.05) is 12.1 Å². The summed E-state index contributed by atoms with van der Waals surface area (Å²) in [6.45, 7) is 3.98. The SMILES string of the molecule is COc1nc(C2=CCNCC2)ccc1C. The third-order valence-electron chi connectivity index (χ3n) is 2.64. The third kappa shape index (κ3) is 2.18. The summed E-state index contributed by atoms with van der Waals surface area (Å²) in [5.41, 5.74) is 3.43. The Bertz CT molecular complexity index is 385. The fourth-order valence-corrected chi connectivity index (χ4v) is 1.75. The second kappa shape index (κ2) is 4.45. The molecule has 0 saturated heterocycles. The van der Waals surface area contributed by atoms with Crippen molar-refractivity contribution < 1.29 is 4.74 Å². The predicted molar refractivity (Wildman–Crippen MR) is 61.0 cm³/mol. The molecule has 1 aliphatic heterocycles. The molecule has 2 rings (SSSR count). The number of aryl methyl sites for hydroxylation is 1. The van der Waals surface area contributed by atoms with Crippen molar-refractivity contribution in [1.82, 2.24) is 10.3 Å². The quantitative estimate of drug-likeness (QED) is 0.797. The van der Waals surface area contributed by atoms with Crippen molar-refractivity contribution in [3.05, 3.63) is 29.5 Å². The highest BCUT2D eigenvalue weighted by molar-refractivity contribution is 5.64. The Morgan fingerprint density at radius 2 is 2.27 bits per heavy atom. The summed E-state index contributed by atoms with van der Waals surface area (Å²) in [7, 11) is 1.66. The van der Waals surface area contributed by atoms with Gasteiger partial charge in [0.25, 0.3) is 0 Å². The van der Waals surface area contributed by atoms with Crippen molar-refractivity contribution in [2.45, 2.75) is 13.3 Å². The fourth-order valence-electron chi connectivity index (χ4n) is 1.75. The Labute approximate surface area is 90.2 Å². The molecule has 1 aromatic heterocycles. The number of hydrogen-bond acceptors (Lipinski definition) is 3. The molecule has 0 radical (unpaired) electrons. The van der Waals surface area contributed by atoms with Crippen molar-refractivity contribution in [1.29, 1.82) is 0 Å². The van der Waals surface area contributed by atoms with Crippen LogP contribution in [-0.2, 0) is 0 Å². The van der Waals surface area contributed by atoms with Gasteiger partial charge in [0.2, 0.25) is 5.88 Å². The highest BCUT2D eigenvalue weighted by atomic mass is 16.5. The number of hydrogen-bond donors (Lipinski definition) is 1. The van der Waals surface area contributed by atoms with Gasteiger partial charge in [-0.1, -0.05) is 12.1 Å². The molecule has 80 valence electrons. The summed E-state index contributed by atoms with van der Waals surface area (Å²) < 4.78 is 5.22. The highest BCUT2D eigenvalue weighted by Crippen LogP contribution is 2.22. The highest BCUT2D eigenvalue weighted by Gasteiger charge is 2.09. The van der Waals surface area contributed by atoms with Gasteiger partial charge in [0.1, 0.15) is 0 Å². The van der Waals surface area contributed by atoms with E-state index in [2.05, 4.69) is 28.5 Å². The first-order valence-electron chi connectivity index (χ1n) is 5.23. The zero-order valence-corrected chi connectivity index (χ0v) is 9.21. The van der Waals surface area contributed by atoms with E-state index in [1.54, 1.807) is 7.11 Å². The molecule has 3 heteroatoms. The molecule has 1 aliphatic rings. The van der Waals surface area contributed by atoms with E-state index in [9.17, 15) is 0 Å². The lowest BCUT2D eigenvalue weighted by Gasteiger charge is -2.14. The first-order valence-corrected chi connectivity index (χ1v) is 5.23. The molecule has 1 N–H and O–H groups in total. The summed E-state index contributed by atoms with van der Waals surface area (Å²) in [5.74, 6) is 0.729. The second-order valence-electron chi connectivity index (χ2n) is 3.71. The molecule has 0 spiro atoms. The number of nitrogens with one attached hydrogen (secondary N) is 1. The van der Waals surface area contributed by atoms with Gasteiger partial charge in [-0.2, -0.15) is 0 Å². The van der Waals surface area contributed by atoms with Crippen LogP contribution in [0.1, 0.15) is 17.7 Å². The average molecular weight is 204 g/mol. The van der Waals surface area contributed by atoms with Crippen LogP contribution in [0.3, 0.4) is 0 Å². The first-order chi connectivity index (χ1) is 7.31. The van der Waals surface area contributed by atoms with Crippen LogP contribution >= 0.6 is 0 Å². The number of pyridine rings is 1. The molecule has 0 aliphatic carbocycles. The number of rotatable bonds is 2. The molecule has 3 nitrogen and oxygen atoms in total. The van der Waals surface area contributed by atoms with Gasteiger partial charge in [0.05, 0.1) is 12.8 Å². The monoisotopic (exact) mass is 204 g/mol. The van der Waals surface area contributed by atoms with E-state index in [0.29, 0.717) is 0 Å². The summed E-state index contributed by atoms with van der Waals surface area (Å²) in [6, 6.07) is 4.12. The number of methoxy groups -OCH3 is 1. The lowest BCUT2D eigenvalue weighted by atomic mass is 10.0. The van der Waals surface area contributed by atoms with Crippen LogP contribution in [0.4, 0.5) is 0 Å². The largest absolute Gasteiger partial charge is 0.481 e. The molecule has 0 unspecified atom stereocenters. The fraction of sp³-hybridized carbons (Fsp3) is 0.417. The summed E-state index contributed by atoms with van der Waals surface area (Å²) in [5, 5.41) is 3.29. The van der Waals surface area contributed by atoms with Crippen LogP contribution in [0.2, 0.25) is 0 Å². The zero-order valence-electron chi connectivity index (χ0n) is 9.21. The van der Waals surface area contributed by atoms with Crippen LogP contribution in [0.15, 0.2) is 18.2 Å². The first kappa shape index (κ1) is 10.2. The van der Waals surface area contributed by atoms with Gasteiger partial charge in [-0.25, -0.2) is 4.98 Å². The van der Waals surface area contributed by atoms with Gasteiger partial charge < -0.3 is 10.1 Å². The minimum Gasteiger partial charge on any atom is -0.481 e. The molecular weight excluding hydrogens is 188 g/mol. The van der Waals surface area contributed by atoms with Crippen molar-refractivity contribution in [2.75, 3.05) is 20.2 Å². The predicted octanol–water partition coefficient (Wildman–Crippen LogP) is 1.78. The third-order valence-corrected chi connectivity index (χ3v) is 2.64. The van der Waals surface area contributed by atoms with Crippen LogP contribution < -0.4 is 10.1 Å². The zero-order chi connectivity index (χ0) is 10.7. The summed E-state index contributed by atoms with van der Waals surface area (Å²) in [4.78, 5) is 4.50. The van der Waals surface area contributed by atoms with Gasteiger partial charge in [-0.3, -0.25) is 0 Å². The van der Waals surface area contributed by atoms with Crippen LogP contribution in [0, 0.1) is 6.92 Å². The minimum atomic E-state index is 0.729. The normalized spacial score (nSPS) is 16.0. The molecule has 1 aromatic rings. The lowest BCUT2D eigenvalue weighted by molar-refractivity contribution is 0.394. The Hall–Kier alpha value is -1.35. The molecule has 0 atom stereocenters. The van der Waals surface area contributed by atoms with E-state index < -0.39 is 0 Å². The Morgan fingerprint density at radius 1 is 1.40 bits per heavy atom. The maximum atomic E-state index is 5.22. The standard InChI is InChI=1S/C12H16N2O/c1-9-3-4-11(14-12(9)15-2)10-5-7-13-8-6-10/h3-5,13H,6-8H2,1-2H3. The smallest absolute Gasteiger partial charge is 0.216 e. The Balaban J connectivity index is 2.32. The van der Waals surface area contributed by atoms with Gasteiger partial charge in [0.15, 0.2) is 0 Å². The molecular formula is C12H16N2O. The van der Waals surface area contributed by atoms with Crippen LogP contribution in [0.25, 0.3) is 5.57 Å². The molecule has 0 amide bonds. The van der Waals surface area contributed by atoms with Gasteiger partial charge in [-0.15, -0.1) is 0 Å². The number of aromatic nitrogens is 1. The topological polar surface area (TPSA) is 34.1 Å². The van der Waals surface area contributed by atoms with Crippen molar-refractivity contribution in [2.24, 2.45) is 0 Å². The van der Waals surface area contributed by atoms with Crippen LogP contribution in [0.5, 0.6) is 5.88 Å². The van der Waals surface area contributed by atoms with E-state index >= 15 is 0 Å². The van der Waals surface area contributed by atoms with E-state index in [1.165, 1.54) is 5.57 Å². The molecule has 2 heterocycles. The van der Waals surface area contributed by atoms with Gasteiger partial charge in [-0.05, 0) is 31.5 Å². The molecule has 0 saturated carbocycles. The van der Waals surface area contributed by atoms with E-state index in [0.717, 1.165) is 36.6 Å². The summed E-state index contributed by atoms with van der Waals surface area (Å²) in [6.07, 6.45) is 3.24. The lowest BCUT2D eigenvalue weighted by Crippen LogP contribution is -2.20. The average Bonchev–Trinajstić information content (AvgIpc) is 2.31. The number of ether oxygens (including phenoxy) is 1. The molecule has 0 fully saturated rings. The maximum Gasteiger partial charge on any atom is 0.216 e. The Kier molecular flexibility index (Phi) is 3.02. The minimum absolute atomic E-state index is 0.729. The van der Waals surface area contributed by atoms with Crippen molar-refractivity contribution >= 4 is 5.57 Å². The maximum absolute atomic E-state index is 5.22. The number of nitrogens with zero attached hydrogens (tertiary/aromatic N) is 1. The molecule has 15 heavy (non-hydrogen) atoms. The Morgan fingerprint density at radius 3 is 2.93 bits per heavy atom.